The highest BCUT2D eigenvalue weighted by Gasteiger charge is 1.98. The Hall–Kier alpha value is -1.60. The number of aryl methyl sites for hydroxylation is 4. The summed E-state index contributed by atoms with van der Waals surface area (Å²) in [7, 11) is 0. The average Bonchev–Trinajstić information content (AvgIpc) is 2.76. The molecule has 0 radical (unpaired) electrons. The molecule has 29 heavy (non-hydrogen) atoms. The smallest absolute Gasteiger partial charge is 0.0466 e. The first-order valence-corrected chi connectivity index (χ1v) is 12.0. The van der Waals surface area contributed by atoms with Gasteiger partial charge in [0.15, 0.2) is 0 Å². The quantitative estimate of drug-likeness (QED) is 0.265. The van der Waals surface area contributed by atoms with Gasteiger partial charge < -0.3 is 4.74 Å². The second-order valence-electron chi connectivity index (χ2n) is 8.37. The van der Waals surface area contributed by atoms with Crippen molar-refractivity contribution in [2.45, 2.75) is 90.9 Å². The number of ether oxygens (including phenoxy) is 1. The molecule has 160 valence electrons. The molecule has 0 aliphatic carbocycles. The molecule has 0 N–H and O–H groups in total. The van der Waals surface area contributed by atoms with Crippen LogP contribution < -0.4 is 0 Å². The molecule has 0 saturated carbocycles. The van der Waals surface area contributed by atoms with Crippen LogP contribution in [0, 0.1) is 0 Å². The van der Waals surface area contributed by atoms with Gasteiger partial charge in [-0.15, -0.1) is 0 Å². The van der Waals surface area contributed by atoms with E-state index < -0.39 is 0 Å². The molecular formula is C28H42O. The van der Waals surface area contributed by atoms with E-state index in [9.17, 15) is 0 Å². The van der Waals surface area contributed by atoms with Gasteiger partial charge in [-0.1, -0.05) is 75.2 Å². The Balaban J connectivity index is 1.45. The van der Waals surface area contributed by atoms with Crippen LogP contribution in [-0.4, -0.2) is 13.2 Å². The van der Waals surface area contributed by atoms with Gasteiger partial charge in [-0.2, -0.15) is 0 Å². The molecule has 0 unspecified atom stereocenters. The largest absolute Gasteiger partial charge is 0.381 e. The lowest BCUT2D eigenvalue weighted by atomic mass is 10.0. The maximum absolute atomic E-state index is 5.84. The van der Waals surface area contributed by atoms with Crippen molar-refractivity contribution in [1.29, 1.82) is 0 Å². The number of benzene rings is 2. The van der Waals surface area contributed by atoms with Crippen molar-refractivity contribution in [3.05, 3.63) is 70.8 Å². The second kappa shape index (κ2) is 15.3. The van der Waals surface area contributed by atoms with E-state index in [0.29, 0.717) is 0 Å². The first kappa shape index (κ1) is 23.7. The highest BCUT2D eigenvalue weighted by Crippen LogP contribution is 2.12. The monoisotopic (exact) mass is 394 g/mol. The van der Waals surface area contributed by atoms with E-state index in [1.54, 1.807) is 0 Å². The number of hydrogen-bond donors (Lipinski definition) is 0. The summed E-state index contributed by atoms with van der Waals surface area (Å²) in [6.07, 6.45) is 14.7. The van der Waals surface area contributed by atoms with Crippen LogP contribution in [0.2, 0.25) is 0 Å². The summed E-state index contributed by atoms with van der Waals surface area (Å²) in [5.74, 6) is 0. The van der Waals surface area contributed by atoms with E-state index >= 15 is 0 Å². The van der Waals surface area contributed by atoms with Crippen LogP contribution in [-0.2, 0) is 30.4 Å². The SMILES string of the molecule is CCCCc1ccc(CCCCOCCCCc2ccc(CCCC)cc2)cc1. The molecule has 0 atom stereocenters. The van der Waals surface area contributed by atoms with Crippen molar-refractivity contribution < 1.29 is 4.74 Å². The number of rotatable bonds is 16. The minimum Gasteiger partial charge on any atom is -0.381 e. The van der Waals surface area contributed by atoms with Crippen LogP contribution in [0.3, 0.4) is 0 Å². The molecule has 0 amide bonds. The molecule has 0 aromatic heterocycles. The second-order valence-corrected chi connectivity index (χ2v) is 8.37. The van der Waals surface area contributed by atoms with Crippen LogP contribution in [0.4, 0.5) is 0 Å². The van der Waals surface area contributed by atoms with Gasteiger partial charge in [-0.25, -0.2) is 0 Å². The third-order valence-corrected chi connectivity index (χ3v) is 5.69. The van der Waals surface area contributed by atoms with Gasteiger partial charge in [-0.05, 0) is 86.5 Å². The third-order valence-electron chi connectivity index (χ3n) is 5.69. The average molecular weight is 395 g/mol. The molecule has 1 nitrogen and oxygen atoms in total. The van der Waals surface area contributed by atoms with Crippen molar-refractivity contribution in [3.8, 4) is 0 Å². The van der Waals surface area contributed by atoms with E-state index in [2.05, 4.69) is 62.4 Å². The van der Waals surface area contributed by atoms with Gasteiger partial charge in [0.05, 0.1) is 0 Å². The summed E-state index contributed by atoms with van der Waals surface area (Å²) in [6.45, 7) is 6.31. The van der Waals surface area contributed by atoms with Gasteiger partial charge in [-0.3, -0.25) is 0 Å². The predicted octanol–water partition coefficient (Wildman–Crippen LogP) is 7.73. The maximum atomic E-state index is 5.84. The van der Waals surface area contributed by atoms with E-state index in [1.165, 1.54) is 86.5 Å². The molecule has 2 aromatic rings. The van der Waals surface area contributed by atoms with Crippen LogP contribution in [0.1, 0.15) is 87.5 Å². The Labute approximate surface area is 179 Å². The van der Waals surface area contributed by atoms with Crippen molar-refractivity contribution in [1.82, 2.24) is 0 Å². The fraction of sp³-hybridized carbons (Fsp3) is 0.571. The highest BCUT2D eigenvalue weighted by atomic mass is 16.5. The Kier molecular flexibility index (Phi) is 12.5. The fourth-order valence-corrected chi connectivity index (χ4v) is 3.68. The fourth-order valence-electron chi connectivity index (χ4n) is 3.68. The molecule has 2 rings (SSSR count). The number of hydrogen-bond acceptors (Lipinski definition) is 1. The van der Waals surface area contributed by atoms with Crippen LogP contribution >= 0.6 is 0 Å². The molecule has 0 aliphatic heterocycles. The first-order chi connectivity index (χ1) is 14.3. The van der Waals surface area contributed by atoms with Crippen molar-refractivity contribution >= 4 is 0 Å². The summed E-state index contributed by atoms with van der Waals surface area (Å²) in [5, 5.41) is 0. The molecule has 2 aromatic carbocycles. The van der Waals surface area contributed by atoms with Crippen molar-refractivity contribution in [3.63, 3.8) is 0 Å². The Morgan fingerprint density at radius 1 is 0.448 bits per heavy atom. The van der Waals surface area contributed by atoms with Gasteiger partial charge >= 0.3 is 0 Å². The molecule has 0 spiro atoms. The molecule has 1 heteroatoms. The minimum atomic E-state index is 0.903. The Morgan fingerprint density at radius 3 is 1.07 bits per heavy atom. The number of unbranched alkanes of at least 4 members (excludes halogenated alkanes) is 4. The van der Waals surface area contributed by atoms with Gasteiger partial charge in [0, 0.05) is 13.2 Å². The van der Waals surface area contributed by atoms with Crippen molar-refractivity contribution in [2.24, 2.45) is 0 Å². The summed E-state index contributed by atoms with van der Waals surface area (Å²) in [6, 6.07) is 18.5. The van der Waals surface area contributed by atoms with E-state index in [4.69, 9.17) is 4.74 Å². The zero-order valence-corrected chi connectivity index (χ0v) is 18.9. The van der Waals surface area contributed by atoms with E-state index in [0.717, 1.165) is 26.1 Å². The lowest BCUT2D eigenvalue weighted by Crippen LogP contribution is -1.99. The Morgan fingerprint density at radius 2 is 0.759 bits per heavy atom. The third kappa shape index (κ3) is 10.7. The molecule has 0 heterocycles. The maximum Gasteiger partial charge on any atom is 0.0466 e. The van der Waals surface area contributed by atoms with Crippen LogP contribution in [0.25, 0.3) is 0 Å². The molecule has 0 aliphatic rings. The highest BCUT2D eigenvalue weighted by molar-refractivity contribution is 5.23. The summed E-state index contributed by atoms with van der Waals surface area (Å²) in [4.78, 5) is 0. The molecule has 0 saturated heterocycles. The lowest BCUT2D eigenvalue weighted by molar-refractivity contribution is 0.127. The van der Waals surface area contributed by atoms with Crippen LogP contribution in [0.5, 0.6) is 0 Å². The van der Waals surface area contributed by atoms with Gasteiger partial charge in [0.1, 0.15) is 0 Å². The first-order valence-electron chi connectivity index (χ1n) is 12.0. The minimum absolute atomic E-state index is 0.903. The predicted molar refractivity (Wildman–Crippen MR) is 127 cm³/mol. The van der Waals surface area contributed by atoms with Gasteiger partial charge in [0.2, 0.25) is 0 Å². The topological polar surface area (TPSA) is 9.23 Å². The molecule has 0 fully saturated rings. The molecule has 0 bridgehead atoms. The summed E-state index contributed by atoms with van der Waals surface area (Å²) in [5.41, 5.74) is 5.88. The summed E-state index contributed by atoms with van der Waals surface area (Å²) < 4.78 is 5.84. The van der Waals surface area contributed by atoms with E-state index in [-0.39, 0.29) is 0 Å². The van der Waals surface area contributed by atoms with Crippen LogP contribution in [0.15, 0.2) is 48.5 Å². The zero-order chi connectivity index (χ0) is 20.6. The zero-order valence-electron chi connectivity index (χ0n) is 18.9. The van der Waals surface area contributed by atoms with Gasteiger partial charge in [0.25, 0.3) is 0 Å². The Bertz CT molecular complexity index is 569. The standard InChI is InChI=1S/C28H42O/c1-3-5-11-25-15-19-27(20-16-25)13-7-9-23-29-24-10-8-14-28-21-17-26(18-22-28)12-6-4-2/h15-22H,3-14,23-24H2,1-2H3. The van der Waals surface area contributed by atoms with Crippen molar-refractivity contribution in [2.75, 3.05) is 13.2 Å². The van der Waals surface area contributed by atoms with E-state index in [1.807, 2.05) is 0 Å². The summed E-state index contributed by atoms with van der Waals surface area (Å²) >= 11 is 0. The lowest BCUT2D eigenvalue weighted by Gasteiger charge is -2.06. The molecular weight excluding hydrogens is 352 g/mol. The normalized spacial score (nSPS) is 11.1.